The van der Waals surface area contributed by atoms with Gasteiger partial charge in [0.05, 0.1) is 12.1 Å². The highest BCUT2D eigenvalue weighted by atomic mass is 16.5. The summed E-state index contributed by atoms with van der Waals surface area (Å²) in [5.74, 6) is 1.07. The minimum Gasteiger partial charge on any atom is -0.384 e. The summed E-state index contributed by atoms with van der Waals surface area (Å²) >= 11 is 0. The third kappa shape index (κ3) is 2.36. The minimum absolute atomic E-state index is 0.259. The first kappa shape index (κ1) is 10.2. The van der Waals surface area contributed by atoms with E-state index in [4.69, 9.17) is 10.5 Å². The Morgan fingerprint density at radius 2 is 2.40 bits per heavy atom. The van der Waals surface area contributed by atoms with E-state index >= 15 is 0 Å². The van der Waals surface area contributed by atoms with Crippen LogP contribution in [-0.2, 0) is 4.74 Å². The van der Waals surface area contributed by atoms with E-state index in [-0.39, 0.29) is 6.10 Å². The Morgan fingerprint density at radius 3 is 3.13 bits per heavy atom. The molecular weight excluding hydrogens is 192 g/mol. The van der Waals surface area contributed by atoms with Crippen LogP contribution in [0.15, 0.2) is 12.3 Å². The van der Waals surface area contributed by atoms with Crippen LogP contribution in [0.5, 0.6) is 0 Å². The number of methoxy groups -OCH3 is 1. The molecule has 0 amide bonds. The summed E-state index contributed by atoms with van der Waals surface area (Å²) in [6, 6.07) is 1.98. The second-order valence-corrected chi connectivity index (χ2v) is 3.76. The number of rotatable bonds is 3. The summed E-state index contributed by atoms with van der Waals surface area (Å²) in [6.07, 6.45) is 5.28. The fraction of sp³-hybridized carbons (Fsp3) is 0.600. The average molecular weight is 208 g/mol. The molecule has 15 heavy (non-hydrogen) atoms. The number of aromatic nitrogens is 2. The van der Waals surface area contributed by atoms with Gasteiger partial charge in [-0.2, -0.15) is 4.98 Å². The first-order valence-corrected chi connectivity index (χ1v) is 5.17. The van der Waals surface area contributed by atoms with Crippen LogP contribution in [-0.4, -0.2) is 29.2 Å². The summed E-state index contributed by atoms with van der Waals surface area (Å²) < 4.78 is 5.38. The molecule has 0 bridgehead atoms. The van der Waals surface area contributed by atoms with Gasteiger partial charge in [0.1, 0.15) is 5.82 Å². The number of nitrogens with two attached hydrogens (primary N) is 1. The Labute approximate surface area is 89.1 Å². The standard InChI is InChI=1S/C10H16N4O/c1-15-8-4-2-3-7(8)13-10-12-6-5-9(11)14-10/h5-8H,2-4H2,1H3,(H3,11,12,13,14). The Hall–Kier alpha value is -1.36. The van der Waals surface area contributed by atoms with Gasteiger partial charge in [-0.25, -0.2) is 4.98 Å². The van der Waals surface area contributed by atoms with Gasteiger partial charge in [-0.1, -0.05) is 0 Å². The van der Waals surface area contributed by atoms with E-state index in [1.807, 2.05) is 0 Å². The summed E-state index contributed by atoms with van der Waals surface area (Å²) in [5.41, 5.74) is 5.58. The monoisotopic (exact) mass is 208 g/mol. The molecule has 0 aromatic carbocycles. The number of ether oxygens (including phenoxy) is 1. The Kier molecular flexibility index (Phi) is 3.01. The third-order valence-corrected chi connectivity index (χ3v) is 2.75. The van der Waals surface area contributed by atoms with Crippen molar-refractivity contribution in [1.82, 2.24) is 9.97 Å². The first-order valence-electron chi connectivity index (χ1n) is 5.17. The molecule has 0 radical (unpaired) electrons. The summed E-state index contributed by atoms with van der Waals surface area (Å²) in [7, 11) is 1.74. The van der Waals surface area contributed by atoms with Crippen LogP contribution in [0.2, 0.25) is 0 Å². The lowest BCUT2D eigenvalue weighted by Crippen LogP contribution is -2.30. The van der Waals surface area contributed by atoms with Gasteiger partial charge in [0.25, 0.3) is 0 Å². The van der Waals surface area contributed by atoms with Gasteiger partial charge in [-0.15, -0.1) is 0 Å². The molecule has 3 N–H and O–H groups in total. The lowest BCUT2D eigenvalue weighted by molar-refractivity contribution is 0.101. The maximum atomic E-state index is 5.58. The van der Waals surface area contributed by atoms with Crippen molar-refractivity contribution in [2.24, 2.45) is 0 Å². The lowest BCUT2D eigenvalue weighted by Gasteiger charge is -2.19. The van der Waals surface area contributed by atoms with Crippen molar-refractivity contribution in [1.29, 1.82) is 0 Å². The van der Waals surface area contributed by atoms with Crippen molar-refractivity contribution in [2.75, 3.05) is 18.2 Å². The van der Waals surface area contributed by atoms with Gasteiger partial charge in [0, 0.05) is 13.3 Å². The molecule has 2 unspecified atom stereocenters. The predicted molar refractivity (Wildman–Crippen MR) is 58.5 cm³/mol. The number of hydrogen-bond donors (Lipinski definition) is 2. The molecule has 0 saturated heterocycles. The van der Waals surface area contributed by atoms with E-state index in [2.05, 4.69) is 15.3 Å². The normalized spacial score (nSPS) is 25.4. The Bertz CT molecular complexity index is 331. The van der Waals surface area contributed by atoms with Gasteiger partial charge in [0.2, 0.25) is 5.95 Å². The largest absolute Gasteiger partial charge is 0.384 e. The van der Waals surface area contributed by atoms with Crippen LogP contribution in [0.1, 0.15) is 19.3 Å². The zero-order chi connectivity index (χ0) is 10.7. The molecule has 1 aliphatic rings. The summed E-state index contributed by atoms with van der Waals surface area (Å²) in [6.45, 7) is 0. The van der Waals surface area contributed by atoms with Crippen molar-refractivity contribution < 1.29 is 4.74 Å². The van der Waals surface area contributed by atoms with E-state index in [0.717, 1.165) is 12.8 Å². The van der Waals surface area contributed by atoms with E-state index in [1.165, 1.54) is 6.42 Å². The molecule has 82 valence electrons. The zero-order valence-electron chi connectivity index (χ0n) is 8.81. The molecule has 1 heterocycles. The number of hydrogen-bond acceptors (Lipinski definition) is 5. The molecule has 1 aliphatic carbocycles. The van der Waals surface area contributed by atoms with Crippen LogP contribution in [0, 0.1) is 0 Å². The fourth-order valence-electron chi connectivity index (χ4n) is 1.98. The van der Waals surface area contributed by atoms with Crippen LogP contribution in [0.4, 0.5) is 11.8 Å². The van der Waals surface area contributed by atoms with E-state index in [1.54, 1.807) is 19.4 Å². The number of nitrogens with one attached hydrogen (secondary N) is 1. The van der Waals surface area contributed by atoms with Gasteiger partial charge in [0.15, 0.2) is 0 Å². The van der Waals surface area contributed by atoms with Gasteiger partial charge in [-0.3, -0.25) is 0 Å². The quantitative estimate of drug-likeness (QED) is 0.776. The van der Waals surface area contributed by atoms with Gasteiger partial charge < -0.3 is 15.8 Å². The minimum atomic E-state index is 0.259. The molecule has 1 fully saturated rings. The molecule has 0 spiro atoms. The molecule has 5 nitrogen and oxygen atoms in total. The van der Waals surface area contributed by atoms with Crippen molar-refractivity contribution in [3.8, 4) is 0 Å². The maximum Gasteiger partial charge on any atom is 0.224 e. The molecule has 1 saturated carbocycles. The second kappa shape index (κ2) is 4.44. The van der Waals surface area contributed by atoms with E-state index < -0.39 is 0 Å². The summed E-state index contributed by atoms with van der Waals surface area (Å²) in [5, 5.41) is 3.26. The van der Waals surface area contributed by atoms with E-state index in [0.29, 0.717) is 17.8 Å². The highest BCUT2D eigenvalue weighted by molar-refractivity contribution is 5.36. The first-order chi connectivity index (χ1) is 7.29. The van der Waals surface area contributed by atoms with Crippen molar-refractivity contribution in [3.63, 3.8) is 0 Å². The topological polar surface area (TPSA) is 73.1 Å². The SMILES string of the molecule is COC1CCCC1Nc1nccc(N)n1. The molecule has 1 aromatic heterocycles. The molecule has 2 rings (SSSR count). The highest BCUT2D eigenvalue weighted by Crippen LogP contribution is 2.23. The highest BCUT2D eigenvalue weighted by Gasteiger charge is 2.27. The molecule has 0 aliphatic heterocycles. The van der Waals surface area contributed by atoms with Crippen molar-refractivity contribution in [2.45, 2.75) is 31.4 Å². The number of anilines is 2. The smallest absolute Gasteiger partial charge is 0.224 e. The molecule has 2 atom stereocenters. The van der Waals surface area contributed by atoms with Crippen LogP contribution < -0.4 is 11.1 Å². The van der Waals surface area contributed by atoms with Crippen LogP contribution >= 0.6 is 0 Å². The van der Waals surface area contributed by atoms with Crippen molar-refractivity contribution in [3.05, 3.63) is 12.3 Å². The second-order valence-electron chi connectivity index (χ2n) is 3.76. The summed E-state index contributed by atoms with van der Waals surface area (Å²) in [4.78, 5) is 8.22. The zero-order valence-corrected chi connectivity index (χ0v) is 8.81. The van der Waals surface area contributed by atoms with Crippen molar-refractivity contribution >= 4 is 11.8 Å². The maximum absolute atomic E-state index is 5.58. The fourth-order valence-corrected chi connectivity index (χ4v) is 1.98. The molecule has 1 aromatic rings. The molecule has 5 heteroatoms. The van der Waals surface area contributed by atoms with E-state index in [9.17, 15) is 0 Å². The van der Waals surface area contributed by atoms with Gasteiger partial charge in [-0.05, 0) is 25.3 Å². The van der Waals surface area contributed by atoms with Crippen LogP contribution in [0.25, 0.3) is 0 Å². The number of nitrogen functional groups attached to an aromatic ring is 1. The van der Waals surface area contributed by atoms with Gasteiger partial charge >= 0.3 is 0 Å². The Balaban J connectivity index is 2.02. The van der Waals surface area contributed by atoms with Crippen LogP contribution in [0.3, 0.4) is 0 Å². The predicted octanol–water partition coefficient (Wildman–Crippen LogP) is 1.04. The average Bonchev–Trinajstić information content (AvgIpc) is 2.65. The molecular formula is C10H16N4O. The lowest BCUT2D eigenvalue weighted by atomic mass is 10.2. The number of nitrogens with zero attached hydrogens (tertiary/aromatic N) is 2. The third-order valence-electron chi connectivity index (χ3n) is 2.75. The Morgan fingerprint density at radius 1 is 1.53 bits per heavy atom.